The van der Waals surface area contributed by atoms with E-state index in [1.807, 2.05) is 12.1 Å². The molecule has 0 unspecified atom stereocenters. The van der Waals surface area contributed by atoms with E-state index in [2.05, 4.69) is 39.4 Å². The molecule has 2 fully saturated rings. The largest absolute Gasteiger partial charge is 0.490 e. The fraction of sp³-hybridized carbons (Fsp3) is 0.455. The van der Waals surface area contributed by atoms with Gasteiger partial charge < -0.3 is 15.0 Å². The molecule has 2 aromatic rings. The Labute approximate surface area is 160 Å². The summed E-state index contributed by atoms with van der Waals surface area (Å²) in [5.41, 5.74) is 2.02. The lowest BCUT2D eigenvalue weighted by Gasteiger charge is -2.36. The van der Waals surface area contributed by atoms with E-state index >= 15 is 0 Å². The Balaban J connectivity index is 1.27. The second-order valence-corrected chi connectivity index (χ2v) is 7.43. The van der Waals surface area contributed by atoms with Crippen molar-refractivity contribution < 1.29 is 9.13 Å². The number of piperazine rings is 1. The van der Waals surface area contributed by atoms with Crippen molar-refractivity contribution in [3.05, 3.63) is 59.9 Å². The Hall–Kier alpha value is -2.11. The SMILES string of the molecule is Fc1ccccc1N1CCN(Cc2ccc(OC3CCNCC3)cc2)CC1. The molecule has 2 aliphatic rings. The maximum atomic E-state index is 14.0. The molecule has 0 amide bonds. The van der Waals surface area contributed by atoms with Crippen LogP contribution in [-0.4, -0.2) is 50.3 Å². The predicted molar refractivity (Wildman–Crippen MR) is 107 cm³/mol. The minimum atomic E-state index is -0.129. The molecule has 5 heteroatoms. The molecule has 0 aliphatic carbocycles. The van der Waals surface area contributed by atoms with Crippen LogP contribution in [0.2, 0.25) is 0 Å². The lowest BCUT2D eigenvalue weighted by molar-refractivity contribution is 0.162. The Morgan fingerprint density at radius 2 is 1.63 bits per heavy atom. The molecule has 144 valence electrons. The lowest BCUT2D eigenvalue weighted by atomic mass is 10.1. The number of anilines is 1. The van der Waals surface area contributed by atoms with Crippen molar-refractivity contribution in [3.8, 4) is 5.75 Å². The number of nitrogens with zero attached hydrogens (tertiary/aromatic N) is 2. The van der Waals surface area contributed by atoms with E-state index in [0.29, 0.717) is 6.10 Å². The molecule has 2 aliphatic heterocycles. The Bertz CT molecular complexity index is 723. The number of ether oxygens (including phenoxy) is 1. The summed E-state index contributed by atoms with van der Waals surface area (Å²) in [6.45, 7) is 6.63. The summed E-state index contributed by atoms with van der Waals surface area (Å²) in [6, 6.07) is 15.6. The van der Waals surface area contributed by atoms with Crippen molar-refractivity contribution in [1.82, 2.24) is 10.2 Å². The number of nitrogens with one attached hydrogen (secondary N) is 1. The Kier molecular flexibility index (Phi) is 5.90. The molecule has 1 N–H and O–H groups in total. The molecular weight excluding hydrogens is 341 g/mol. The van der Waals surface area contributed by atoms with E-state index in [9.17, 15) is 4.39 Å². The summed E-state index contributed by atoms with van der Waals surface area (Å²) < 4.78 is 20.0. The zero-order valence-corrected chi connectivity index (χ0v) is 15.7. The van der Waals surface area contributed by atoms with Gasteiger partial charge in [0.15, 0.2) is 0 Å². The predicted octanol–water partition coefficient (Wildman–Crippen LogP) is 3.28. The van der Waals surface area contributed by atoms with E-state index in [-0.39, 0.29) is 5.82 Å². The highest BCUT2D eigenvalue weighted by Gasteiger charge is 2.19. The molecule has 2 heterocycles. The average Bonchev–Trinajstić information content (AvgIpc) is 2.71. The van der Waals surface area contributed by atoms with Crippen LogP contribution in [0.1, 0.15) is 18.4 Å². The van der Waals surface area contributed by atoms with Gasteiger partial charge in [0.25, 0.3) is 0 Å². The molecular formula is C22H28FN3O. The number of benzene rings is 2. The highest BCUT2D eigenvalue weighted by molar-refractivity contribution is 5.48. The monoisotopic (exact) mass is 369 g/mol. The van der Waals surface area contributed by atoms with E-state index in [4.69, 9.17) is 4.74 Å². The minimum absolute atomic E-state index is 0.129. The van der Waals surface area contributed by atoms with E-state index in [0.717, 1.165) is 70.1 Å². The second kappa shape index (κ2) is 8.72. The number of hydrogen-bond donors (Lipinski definition) is 1. The number of halogens is 1. The smallest absolute Gasteiger partial charge is 0.146 e. The van der Waals surface area contributed by atoms with Gasteiger partial charge in [0.1, 0.15) is 17.7 Å². The van der Waals surface area contributed by atoms with Crippen LogP contribution in [0.4, 0.5) is 10.1 Å². The van der Waals surface area contributed by atoms with Gasteiger partial charge in [0, 0.05) is 32.7 Å². The molecule has 0 bridgehead atoms. The first kappa shape index (κ1) is 18.3. The maximum Gasteiger partial charge on any atom is 0.146 e. The summed E-state index contributed by atoms with van der Waals surface area (Å²) >= 11 is 0. The highest BCUT2D eigenvalue weighted by atomic mass is 19.1. The third-order valence-corrected chi connectivity index (χ3v) is 5.48. The van der Waals surface area contributed by atoms with Gasteiger partial charge in [-0.1, -0.05) is 24.3 Å². The van der Waals surface area contributed by atoms with Crippen LogP contribution >= 0.6 is 0 Å². The molecule has 2 saturated heterocycles. The third kappa shape index (κ3) is 4.79. The number of piperidine rings is 1. The van der Waals surface area contributed by atoms with Crippen LogP contribution in [0, 0.1) is 5.82 Å². The molecule has 0 aromatic heterocycles. The van der Waals surface area contributed by atoms with Crippen molar-refractivity contribution in [2.24, 2.45) is 0 Å². The topological polar surface area (TPSA) is 27.7 Å². The standard InChI is InChI=1S/C22H28FN3O/c23-21-3-1-2-4-22(21)26-15-13-25(14-16-26)17-18-5-7-19(8-6-18)27-20-9-11-24-12-10-20/h1-8,20,24H,9-17H2. The van der Waals surface area contributed by atoms with Gasteiger partial charge in [-0.05, 0) is 55.8 Å². The zero-order valence-electron chi connectivity index (χ0n) is 15.7. The van der Waals surface area contributed by atoms with Gasteiger partial charge >= 0.3 is 0 Å². The summed E-state index contributed by atoms with van der Waals surface area (Å²) in [5, 5.41) is 3.36. The van der Waals surface area contributed by atoms with Crippen LogP contribution in [0.3, 0.4) is 0 Å². The number of para-hydroxylation sites is 1. The Morgan fingerprint density at radius 3 is 2.33 bits per heavy atom. The van der Waals surface area contributed by atoms with Crippen molar-refractivity contribution in [2.75, 3.05) is 44.2 Å². The van der Waals surface area contributed by atoms with Gasteiger partial charge in [-0.2, -0.15) is 0 Å². The summed E-state index contributed by atoms with van der Waals surface area (Å²) in [5.74, 6) is 0.838. The molecule has 4 rings (SSSR count). The van der Waals surface area contributed by atoms with Gasteiger partial charge in [-0.15, -0.1) is 0 Å². The molecule has 27 heavy (non-hydrogen) atoms. The molecule has 0 saturated carbocycles. The molecule has 2 aromatic carbocycles. The lowest BCUT2D eigenvalue weighted by Crippen LogP contribution is -2.46. The van der Waals surface area contributed by atoms with Crippen LogP contribution in [0.25, 0.3) is 0 Å². The number of rotatable bonds is 5. The van der Waals surface area contributed by atoms with Crippen molar-refractivity contribution in [2.45, 2.75) is 25.5 Å². The van der Waals surface area contributed by atoms with Gasteiger partial charge in [0.2, 0.25) is 0 Å². The molecule has 4 nitrogen and oxygen atoms in total. The first-order valence-corrected chi connectivity index (χ1v) is 9.96. The van der Waals surface area contributed by atoms with E-state index in [1.54, 1.807) is 6.07 Å². The summed E-state index contributed by atoms with van der Waals surface area (Å²) in [6.07, 6.45) is 2.49. The van der Waals surface area contributed by atoms with Crippen LogP contribution in [0.5, 0.6) is 5.75 Å². The van der Waals surface area contributed by atoms with Gasteiger partial charge in [-0.25, -0.2) is 4.39 Å². The number of hydrogen-bond acceptors (Lipinski definition) is 4. The van der Waals surface area contributed by atoms with Crippen LogP contribution in [0.15, 0.2) is 48.5 Å². The first-order valence-electron chi connectivity index (χ1n) is 9.96. The highest BCUT2D eigenvalue weighted by Crippen LogP contribution is 2.22. The Morgan fingerprint density at radius 1 is 0.926 bits per heavy atom. The second-order valence-electron chi connectivity index (χ2n) is 7.43. The zero-order chi connectivity index (χ0) is 18.5. The van der Waals surface area contributed by atoms with Crippen molar-refractivity contribution in [1.29, 1.82) is 0 Å². The van der Waals surface area contributed by atoms with E-state index in [1.165, 1.54) is 11.6 Å². The average molecular weight is 369 g/mol. The van der Waals surface area contributed by atoms with Crippen LogP contribution < -0.4 is 15.0 Å². The fourth-order valence-electron chi connectivity index (χ4n) is 3.89. The van der Waals surface area contributed by atoms with Gasteiger partial charge in [-0.3, -0.25) is 4.90 Å². The van der Waals surface area contributed by atoms with E-state index < -0.39 is 0 Å². The summed E-state index contributed by atoms with van der Waals surface area (Å²) in [4.78, 5) is 4.57. The van der Waals surface area contributed by atoms with Crippen molar-refractivity contribution >= 4 is 5.69 Å². The maximum absolute atomic E-state index is 14.0. The molecule has 0 atom stereocenters. The summed E-state index contributed by atoms with van der Waals surface area (Å²) in [7, 11) is 0. The van der Waals surface area contributed by atoms with Crippen molar-refractivity contribution in [3.63, 3.8) is 0 Å². The molecule has 0 radical (unpaired) electrons. The minimum Gasteiger partial charge on any atom is -0.490 e. The molecule has 0 spiro atoms. The quantitative estimate of drug-likeness (QED) is 0.875. The fourth-order valence-corrected chi connectivity index (χ4v) is 3.89. The first-order chi connectivity index (χ1) is 13.3. The van der Waals surface area contributed by atoms with Crippen LogP contribution in [-0.2, 0) is 6.54 Å². The van der Waals surface area contributed by atoms with Gasteiger partial charge in [0.05, 0.1) is 5.69 Å². The third-order valence-electron chi connectivity index (χ3n) is 5.48. The normalized spacial score (nSPS) is 19.2.